The summed E-state index contributed by atoms with van der Waals surface area (Å²) in [7, 11) is 0. The molecule has 4 aromatic carbocycles. The van der Waals surface area contributed by atoms with E-state index in [1.54, 1.807) is 18.2 Å². The van der Waals surface area contributed by atoms with Gasteiger partial charge in [0, 0.05) is 21.8 Å². The van der Waals surface area contributed by atoms with E-state index in [1.165, 1.54) is 6.08 Å². The minimum absolute atomic E-state index is 0.0376. The van der Waals surface area contributed by atoms with Gasteiger partial charge in [0.1, 0.15) is 24.0 Å². The number of para-hydroxylation sites is 1. The van der Waals surface area contributed by atoms with Crippen molar-refractivity contribution in [3.05, 3.63) is 112 Å². The standard InChI is InChI=1S/C30H25ClN2O2/c1-3-21-8-5-7-11-28(21)33-30(34)24(18-32)16-23-17-25(31)14-15-29(23)35-19-27-20(2)12-13-22-9-4-6-10-26(22)27/h4-17H,3,19H2,1-2H3,(H,33,34)/b24-16+. The molecule has 0 aliphatic heterocycles. The summed E-state index contributed by atoms with van der Waals surface area (Å²) in [5, 5.41) is 15.3. The fourth-order valence-corrected chi connectivity index (χ4v) is 4.17. The van der Waals surface area contributed by atoms with Crippen molar-refractivity contribution < 1.29 is 9.53 Å². The minimum Gasteiger partial charge on any atom is -0.488 e. The van der Waals surface area contributed by atoms with E-state index in [0.717, 1.165) is 33.9 Å². The Labute approximate surface area is 210 Å². The molecule has 1 amide bonds. The molecule has 0 radical (unpaired) electrons. The Bertz CT molecular complexity index is 1470. The van der Waals surface area contributed by atoms with Gasteiger partial charge in [0.25, 0.3) is 5.91 Å². The Kier molecular flexibility index (Phi) is 7.50. The summed E-state index contributed by atoms with van der Waals surface area (Å²) in [4.78, 5) is 12.9. The summed E-state index contributed by atoms with van der Waals surface area (Å²) in [5.74, 6) is 0.0560. The summed E-state index contributed by atoms with van der Waals surface area (Å²) in [6.07, 6.45) is 2.28. The molecule has 0 aromatic heterocycles. The molecule has 174 valence electrons. The molecule has 0 atom stereocenters. The SMILES string of the molecule is CCc1ccccc1NC(=O)/C(C#N)=C/c1cc(Cl)ccc1OCc1c(C)ccc2ccccc12. The van der Waals surface area contributed by atoms with Crippen molar-refractivity contribution >= 4 is 40.0 Å². The second kappa shape index (κ2) is 10.9. The lowest BCUT2D eigenvalue weighted by Gasteiger charge is -2.14. The number of hydrogen-bond acceptors (Lipinski definition) is 3. The first kappa shape index (κ1) is 24.1. The van der Waals surface area contributed by atoms with E-state index in [9.17, 15) is 10.1 Å². The van der Waals surface area contributed by atoms with Crippen molar-refractivity contribution in [1.29, 1.82) is 5.26 Å². The molecule has 1 N–H and O–H groups in total. The lowest BCUT2D eigenvalue weighted by Crippen LogP contribution is -2.14. The third-order valence-corrected chi connectivity index (χ3v) is 6.17. The van der Waals surface area contributed by atoms with Crippen molar-refractivity contribution in [3.8, 4) is 11.8 Å². The van der Waals surface area contributed by atoms with Crippen LogP contribution in [0.25, 0.3) is 16.8 Å². The molecule has 0 unspecified atom stereocenters. The number of rotatable bonds is 7. The molecular formula is C30H25ClN2O2. The number of ether oxygens (including phenoxy) is 1. The van der Waals surface area contributed by atoms with Gasteiger partial charge in [-0.25, -0.2) is 0 Å². The molecule has 0 heterocycles. The molecule has 0 aliphatic carbocycles. The Hall–Kier alpha value is -4.07. The first-order valence-electron chi connectivity index (χ1n) is 11.4. The first-order chi connectivity index (χ1) is 17.0. The molecule has 0 fully saturated rings. The fraction of sp³-hybridized carbons (Fsp3) is 0.133. The van der Waals surface area contributed by atoms with Crippen LogP contribution in [-0.4, -0.2) is 5.91 Å². The third-order valence-electron chi connectivity index (χ3n) is 5.93. The van der Waals surface area contributed by atoms with Crippen molar-refractivity contribution in [1.82, 2.24) is 0 Å². The highest BCUT2D eigenvalue weighted by Gasteiger charge is 2.14. The third kappa shape index (κ3) is 5.54. The number of carbonyl (C=O) groups is 1. The van der Waals surface area contributed by atoms with Crippen molar-refractivity contribution in [2.24, 2.45) is 0 Å². The monoisotopic (exact) mass is 480 g/mol. The smallest absolute Gasteiger partial charge is 0.266 e. The number of benzene rings is 4. The molecule has 4 nitrogen and oxygen atoms in total. The maximum Gasteiger partial charge on any atom is 0.266 e. The van der Waals surface area contributed by atoms with Crippen LogP contribution in [0.3, 0.4) is 0 Å². The second-order valence-electron chi connectivity index (χ2n) is 8.19. The van der Waals surface area contributed by atoms with Crippen LogP contribution in [0.15, 0.2) is 84.4 Å². The predicted molar refractivity (Wildman–Crippen MR) is 143 cm³/mol. The molecule has 4 aromatic rings. The second-order valence-corrected chi connectivity index (χ2v) is 8.62. The van der Waals surface area contributed by atoms with Gasteiger partial charge in [-0.05, 0) is 65.6 Å². The van der Waals surface area contributed by atoms with Gasteiger partial charge in [0.15, 0.2) is 0 Å². The minimum atomic E-state index is -0.482. The predicted octanol–water partition coefficient (Wildman–Crippen LogP) is 7.49. The maximum absolute atomic E-state index is 12.9. The van der Waals surface area contributed by atoms with Crippen LogP contribution in [0.1, 0.15) is 29.2 Å². The number of carbonyl (C=O) groups excluding carboxylic acids is 1. The highest BCUT2D eigenvalue weighted by molar-refractivity contribution is 6.30. The number of nitriles is 1. The summed E-state index contributed by atoms with van der Waals surface area (Å²) in [6, 6.07) is 27.1. The van der Waals surface area contributed by atoms with Crippen LogP contribution in [-0.2, 0) is 17.8 Å². The number of nitrogens with zero attached hydrogens (tertiary/aromatic N) is 1. The highest BCUT2D eigenvalue weighted by Crippen LogP contribution is 2.29. The van der Waals surface area contributed by atoms with Gasteiger partial charge in [-0.1, -0.05) is 73.1 Å². The summed E-state index contributed by atoms with van der Waals surface area (Å²) in [6.45, 7) is 4.41. The zero-order valence-electron chi connectivity index (χ0n) is 19.6. The van der Waals surface area contributed by atoms with Gasteiger partial charge in [0.2, 0.25) is 0 Å². The van der Waals surface area contributed by atoms with Crippen LogP contribution in [0.4, 0.5) is 5.69 Å². The summed E-state index contributed by atoms with van der Waals surface area (Å²) in [5.41, 5.74) is 4.42. The molecule has 0 spiro atoms. The van der Waals surface area contributed by atoms with E-state index in [4.69, 9.17) is 16.3 Å². The van der Waals surface area contributed by atoms with Crippen LogP contribution in [0.2, 0.25) is 5.02 Å². The largest absolute Gasteiger partial charge is 0.488 e. The van der Waals surface area contributed by atoms with Crippen molar-refractivity contribution in [2.75, 3.05) is 5.32 Å². The van der Waals surface area contributed by atoms with E-state index in [1.807, 2.05) is 49.4 Å². The van der Waals surface area contributed by atoms with E-state index in [0.29, 0.717) is 28.6 Å². The Morgan fingerprint density at radius 1 is 1.06 bits per heavy atom. The lowest BCUT2D eigenvalue weighted by molar-refractivity contribution is -0.112. The van der Waals surface area contributed by atoms with Crippen molar-refractivity contribution in [3.63, 3.8) is 0 Å². The van der Waals surface area contributed by atoms with E-state index >= 15 is 0 Å². The van der Waals surface area contributed by atoms with E-state index < -0.39 is 5.91 Å². The van der Waals surface area contributed by atoms with Gasteiger partial charge < -0.3 is 10.1 Å². The number of aryl methyl sites for hydroxylation is 2. The van der Waals surface area contributed by atoms with Gasteiger partial charge in [0.05, 0.1) is 0 Å². The lowest BCUT2D eigenvalue weighted by atomic mass is 10.0. The quantitative estimate of drug-likeness (QED) is 0.220. The Morgan fingerprint density at radius 3 is 2.63 bits per heavy atom. The van der Waals surface area contributed by atoms with Gasteiger partial charge in [-0.3, -0.25) is 4.79 Å². The average Bonchev–Trinajstić information content (AvgIpc) is 2.87. The van der Waals surface area contributed by atoms with E-state index in [-0.39, 0.29) is 5.57 Å². The molecule has 35 heavy (non-hydrogen) atoms. The fourth-order valence-electron chi connectivity index (χ4n) is 3.99. The molecule has 0 saturated carbocycles. The molecule has 0 aliphatic rings. The highest BCUT2D eigenvalue weighted by atomic mass is 35.5. The average molecular weight is 481 g/mol. The number of anilines is 1. The Morgan fingerprint density at radius 2 is 1.83 bits per heavy atom. The van der Waals surface area contributed by atoms with Crippen molar-refractivity contribution in [2.45, 2.75) is 26.9 Å². The van der Waals surface area contributed by atoms with Gasteiger partial charge in [-0.15, -0.1) is 0 Å². The summed E-state index contributed by atoms with van der Waals surface area (Å²) < 4.78 is 6.20. The number of hydrogen-bond donors (Lipinski definition) is 1. The molecule has 4 rings (SSSR count). The van der Waals surface area contributed by atoms with Gasteiger partial charge >= 0.3 is 0 Å². The number of halogens is 1. The number of amides is 1. The number of nitrogens with one attached hydrogen (secondary N) is 1. The molecular weight excluding hydrogens is 456 g/mol. The molecule has 5 heteroatoms. The number of fused-ring (bicyclic) bond motifs is 1. The van der Waals surface area contributed by atoms with Crippen LogP contribution < -0.4 is 10.1 Å². The van der Waals surface area contributed by atoms with Crippen LogP contribution in [0, 0.1) is 18.3 Å². The zero-order valence-corrected chi connectivity index (χ0v) is 20.4. The van der Waals surface area contributed by atoms with Gasteiger partial charge in [-0.2, -0.15) is 5.26 Å². The first-order valence-corrected chi connectivity index (χ1v) is 11.8. The topological polar surface area (TPSA) is 62.1 Å². The Balaban J connectivity index is 1.63. The summed E-state index contributed by atoms with van der Waals surface area (Å²) >= 11 is 6.24. The molecule has 0 saturated heterocycles. The zero-order chi connectivity index (χ0) is 24.8. The van der Waals surface area contributed by atoms with Crippen LogP contribution in [0.5, 0.6) is 5.75 Å². The maximum atomic E-state index is 12.9. The van der Waals surface area contributed by atoms with E-state index in [2.05, 4.69) is 36.5 Å². The molecule has 0 bridgehead atoms. The van der Waals surface area contributed by atoms with Crippen LogP contribution >= 0.6 is 11.6 Å². The normalized spacial score (nSPS) is 11.2.